The van der Waals surface area contributed by atoms with Gasteiger partial charge in [0, 0.05) is 20.2 Å². The first-order valence-corrected chi connectivity index (χ1v) is 6.07. The van der Waals surface area contributed by atoms with Crippen molar-refractivity contribution in [1.82, 2.24) is 19.7 Å². The molecule has 0 bridgehead atoms. The molecule has 7 nitrogen and oxygen atoms in total. The molecule has 1 aromatic heterocycles. The Bertz CT molecular complexity index is 419. The maximum atomic E-state index is 12.2. The number of aromatic nitrogens is 3. The zero-order chi connectivity index (χ0) is 13.1. The highest BCUT2D eigenvalue weighted by Crippen LogP contribution is 2.19. The van der Waals surface area contributed by atoms with E-state index in [1.165, 1.54) is 0 Å². The predicted octanol–water partition coefficient (Wildman–Crippen LogP) is -0.0444. The van der Waals surface area contributed by atoms with Gasteiger partial charge in [0.15, 0.2) is 0 Å². The lowest BCUT2D eigenvalue weighted by Gasteiger charge is -2.17. The maximum Gasteiger partial charge on any atom is 0.244 e. The van der Waals surface area contributed by atoms with Crippen LogP contribution in [-0.4, -0.2) is 58.4 Å². The first kappa shape index (κ1) is 13.0. The maximum absolute atomic E-state index is 12.2. The second-order valence-corrected chi connectivity index (χ2v) is 4.48. The number of hydrogen-bond acceptors (Lipinski definition) is 5. The molecule has 0 spiro atoms. The second-order valence-electron chi connectivity index (χ2n) is 4.48. The number of nitrogens with one attached hydrogen (secondary N) is 1. The van der Waals surface area contributed by atoms with E-state index in [0.29, 0.717) is 12.4 Å². The topological polar surface area (TPSA) is 72.3 Å². The molecule has 18 heavy (non-hydrogen) atoms. The van der Waals surface area contributed by atoms with E-state index in [9.17, 15) is 4.79 Å². The van der Waals surface area contributed by atoms with Crippen LogP contribution in [0.3, 0.4) is 0 Å². The highest BCUT2D eigenvalue weighted by Gasteiger charge is 2.34. The number of nitrogens with zero attached hydrogens (tertiary/aromatic N) is 4. The Morgan fingerprint density at radius 2 is 2.44 bits per heavy atom. The van der Waals surface area contributed by atoms with Crippen LogP contribution in [0.15, 0.2) is 6.33 Å². The molecule has 1 aliphatic heterocycles. The van der Waals surface area contributed by atoms with E-state index in [4.69, 9.17) is 4.74 Å². The summed E-state index contributed by atoms with van der Waals surface area (Å²) in [6.07, 6.45) is 2.43. The highest BCUT2D eigenvalue weighted by atomic mass is 16.5. The van der Waals surface area contributed by atoms with Gasteiger partial charge in [-0.05, 0) is 20.4 Å². The van der Waals surface area contributed by atoms with Crippen molar-refractivity contribution in [2.45, 2.75) is 32.0 Å². The number of likely N-dealkylation sites (tertiary alicyclic amines) is 1. The Balaban J connectivity index is 2.00. The molecule has 2 atom stereocenters. The zero-order valence-electron chi connectivity index (χ0n) is 11.0. The summed E-state index contributed by atoms with van der Waals surface area (Å²) in [6, 6.07) is -0.169. The summed E-state index contributed by atoms with van der Waals surface area (Å²) >= 11 is 0. The number of methoxy groups -OCH3 is 1. The SMILES string of the molecule is CCn1cnnc1NC(=O)[C@@H]1C[C@H](OC)CN1C. The van der Waals surface area contributed by atoms with Crippen molar-refractivity contribution < 1.29 is 9.53 Å². The van der Waals surface area contributed by atoms with Gasteiger partial charge in [-0.3, -0.25) is 15.0 Å². The summed E-state index contributed by atoms with van der Waals surface area (Å²) < 4.78 is 7.08. The number of likely N-dealkylation sites (N-methyl/N-ethyl adjacent to an activating group) is 1. The summed E-state index contributed by atoms with van der Waals surface area (Å²) in [5.74, 6) is 0.441. The van der Waals surface area contributed by atoms with Gasteiger partial charge in [0.1, 0.15) is 6.33 Å². The predicted molar refractivity (Wildman–Crippen MR) is 66.2 cm³/mol. The molecule has 7 heteroatoms. The summed E-state index contributed by atoms with van der Waals surface area (Å²) in [4.78, 5) is 14.2. The van der Waals surface area contributed by atoms with Gasteiger partial charge in [-0.25, -0.2) is 0 Å². The minimum absolute atomic E-state index is 0.0558. The molecule has 1 saturated heterocycles. The number of hydrogen-bond donors (Lipinski definition) is 1. The van der Waals surface area contributed by atoms with Gasteiger partial charge in [0.05, 0.1) is 12.1 Å². The Labute approximate surface area is 106 Å². The molecule has 0 unspecified atom stereocenters. The summed E-state index contributed by atoms with van der Waals surface area (Å²) in [5, 5.41) is 10.5. The molecule has 1 aromatic rings. The third-order valence-corrected chi connectivity index (χ3v) is 3.34. The fourth-order valence-electron chi connectivity index (χ4n) is 2.21. The third kappa shape index (κ3) is 2.51. The lowest BCUT2D eigenvalue weighted by Crippen LogP contribution is -2.37. The number of aryl methyl sites for hydroxylation is 1. The van der Waals surface area contributed by atoms with E-state index in [2.05, 4.69) is 15.5 Å². The van der Waals surface area contributed by atoms with Gasteiger partial charge in [-0.1, -0.05) is 0 Å². The quantitative estimate of drug-likeness (QED) is 0.815. The molecule has 1 fully saturated rings. The van der Waals surface area contributed by atoms with Crippen LogP contribution in [0.25, 0.3) is 0 Å². The first-order chi connectivity index (χ1) is 8.65. The molecular formula is C11H19N5O2. The molecular weight excluding hydrogens is 234 g/mol. The molecule has 1 aliphatic rings. The molecule has 0 saturated carbocycles. The van der Waals surface area contributed by atoms with Gasteiger partial charge in [0.2, 0.25) is 11.9 Å². The Hall–Kier alpha value is -1.47. The van der Waals surface area contributed by atoms with Crippen LogP contribution in [0.5, 0.6) is 0 Å². The van der Waals surface area contributed by atoms with Crippen molar-refractivity contribution in [3.63, 3.8) is 0 Å². The lowest BCUT2D eigenvalue weighted by molar-refractivity contribution is -0.120. The van der Waals surface area contributed by atoms with Gasteiger partial charge in [-0.2, -0.15) is 0 Å². The van der Waals surface area contributed by atoms with Gasteiger partial charge < -0.3 is 9.30 Å². The Morgan fingerprint density at radius 3 is 3.06 bits per heavy atom. The number of rotatable bonds is 4. The number of anilines is 1. The first-order valence-electron chi connectivity index (χ1n) is 6.07. The molecule has 1 amide bonds. The summed E-state index contributed by atoms with van der Waals surface area (Å²) in [7, 11) is 3.60. The van der Waals surface area contributed by atoms with Crippen LogP contribution in [0.4, 0.5) is 5.95 Å². The molecule has 0 aromatic carbocycles. The Kier molecular flexibility index (Phi) is 3.93. The van der Waals surface area contributed by atoms with Crippen molar-refractivity contribution in [3.8, 4) is 0 Å². The molecule has 0 aliphatic carbocycles. The molecule has 2 heterocycles. The fraction of sp³-hybridized carbons (Fsp3) is 0.727. The van der Waals surface area contributed by atoms with Crippen LogP contribution >= 0.6 is 0 Å². The molecule has 2 rings (SSSR count). The van der Waals surface area contributed by atoms with Crippen molar-refractivity contribution in [2.75, 3.05) is 26.0 Å². The van der Waals surface area contributed by atoms with Gasteiger partial charge in [-0.15, -0.1) is 10.2 Å². The van der Waals surface area contributed by atoms with Gasteiger partial charge >= 0.3 is 0 Å². The standard InChI is InChI=1S/C11H19N5O2/c1-4-16-7-12-14-11(16)13-10(17)9-5-8(18-3)6-15(9)2/h7-9H,4-6H2,1-3H3,(H,13,14,17)/t8-,9-/m0/s1. The van der Waals surface area contributed by atoms with E-state index >= 15 is 0 Å². The van der Waals surface area contributed by atoms with Crippen LogP contribution in [0.1, 0.15) is 13.3 Å². The van der Waals surface area contributed by atoms with E-state index < -0.39 is 0 Å². The average Bonchev–Trinajstić information content (AvgIpc) is 2.95. The summed E-state index contributed by atoms with van der Waals surface area (Å²) in [6.45, 7) is 3.47. The third-order valence-electron chi connectivity index (χ3n) is 3.34. The van der Waals surface area contributed by atoms with Crippen LogP contribution in [0, 0.1) is 0 Å². The van der Waals surface area contributed by atoms with Crippen molar-refractivity contribution in [3.05, 3.63) is 6.33 Å². The minimum Gasteiger partial charge on any atom is -0.380 e. The number of amides is 1. The van der Waals surface area contributed by atoms with Crippen LogP contribution < -0.4 is 5.32 Å². The number of carbonyl (C=O) groups is 1. The van der Waals surface area contributed by atoms with E-state index in [-0.39, 0.29) is 18.1 Å². The zero-order valence-corrected chi connectivity index (χ0v) is 11.0. The highest BCUT2D eigenvalue weighted by molar-refractivity contribution is 5.93. The lowest BCUT2D eigenvalue weighted by atomic mass is 10.2. The van der Waals surface area contributed by atoms with E-state index in [0.717, 1.165) is 13.1 Å². The normalized spacial score (nSPS) is 24.4. The van der Waals surface area contributed by atoms with Crippen molar-refractivity contribution in [2.24, 2.45) is 0 Å². The number of carbonyl (C=O) groups excluding carboxylic acids is 1. The fourth-order valence-corrected chi connectivity index (χ4v) is 2.21. The molecule has 1 N–H and O–H groups in total. The molecule has 100 valence electrons. The van der Waals surface area contributed by atoms with Crippen LogP contribution in [0.2, 0.25) is 0 Å². The van der Waals surface area contributed by atoms with E-state index in [1.54, 1.807) is 18.0 Å². The van der Waals surface area contributed by atoms with E-state index in [1.807, 2.05) is 18.9 Å². The van der Waals surface area contributed by atoms with Crippen molar-refractivity contribution in [1.29, 1.82) is 0 Å². The minimum atomic E-state index is -0.169. The second kappa shape index (κ2) is 5.45. The average molecular weight is 253 g/mol. The summed E-state index contributed by atoms with van der Waals surface area (Å²) in [5.41, 5.74) is 0. The van der Waals surface area contributed by atoms with Crippen LogP contribution in [-0.2, 0) is 16.1 Å². The smallest absolute Gasteiger partial charge is 0.244 e. The Morgan fingerprint density at radius 1 is 1.67 bits per heavy atom. The molecule has 0 radical (unpaired) electrons. The number of ether oxygens (including phenoxy) is 1. The largest absolute Gasteiger partial charge is 0.380 e. The van der Waals surface area contributed by atoms with Gasteiger partial charge in [0.25, 0.3) is 0 Å². The van der Waals surface area contributed by atoms with Crippen molar-refractivity contribution >= 4 is 11.9 Å². The monoisotopic (exact) mass is 253 g/mol.